The third kappa shape index (κ3) is 4.02. The molecule has 5 heteroatoms. The van der Waals surface area contributed by atoms with Crippen molar-refractivity contribution in [1.29, 1.82) is 0 Å². The van der Waals surface area contributed by atoms with Crippen LogP contribution in [0.15, 0.2) is 77.8 Å². The number of benzene rings is 3. The molecular formula is C31H30N2O3. The molecule has 5 nitrogen and oxygen atoms in total. The Labute approximate surface area is 211 Å². The van der Waals surface area contributed by atoms with Crippen molar-refractivity contribution in [2.75, 3.05) is 12.0 Å². The first kappa shape index (κ1) is 22.7. The summed E-state index contributed by atoms with van der Waals surface area (Å²) < 4.78 is 5.53. The SMILES string of the molecule is COc1cccc(C2C3C(=O)CC(c4ccc(C)cc4)CC3=Nc3ccccc3N2C(=O)C2CC2)c1. The zero-order chi connectivity index (χ0) is 24.8. The number of amides is 1. The van der Waals surface area contributed by atoms with Crippen molar-refractivity contribution in [3.05, 3.63) is 89.5 Å². The van der Waals surface area contributed by atoms with Crippen LogP contribution in [0.25, 0.3) is 0 Å². The highest BCUT2D eigenvalue weighted by molar-refractivity contribution is 6.13. The van der Waals surface area contributed by atoms with Crippen LogP contribution in [0.3, 0.4) is 0 Å². The van der Waals surface area contributed by atoms with Crippen molar-refractivity contribution in [2.45, 2.75) is 44.6 Å². The molecule has 0 saturated heterocycles. The minimum absolute atomic E-state index is 0.00622. The van der Waals surface area contributed by atoms with Gasteiger partial charge in [0.05, 0.1) is 30.4 Å². The smallest absolute Gasteiger partial charge is 0.230 e. The fraction of sp³-hybridized carbons (Fsp3) is 0.323. The average molecular weight is 479 g/mol. The maximum Gasteiger partial charge on any atom is 0.230 e. The predicted octanol–water partition coefficient (Wildman–Crippen LogP) is 6.34. The van der Waals surface area contributed by atoms with Gasteiger partial charge in [0.1, 0.15) is 11.5 Å². The number of fused-ring (bicyclic) bond motifs is 2. The second-order valence-corrected chi connectivity index (χ2v) is 10.3. The van der Waals surface area contributed by atoms with E-state index < -0.39 is 12.0 Å². The van der Waals surface area contributed by atoms with E-state index in [9.17, 15) is 9.59 Å². The normalized spacial score (nSPS) is 23.3. The van der Waals surface area contributed by atoms with Crippen molar-refractivity contribution in [3.63, 3.8) is 0 Å². The number of aliphatic imine (C=N–C) groups is 1. The van der Waals surface area contributed by atoms with Gasteiger partial charge in [-0.05, 0) is 67.5 Å². The van der Waals surface area contributed by atoms with Crippen LogP contribution in [0.4, 0.5) is 11.4 Å². The molecule has 3 aromatic rings. The lowest BCUT2D eigenvalue weighted by Gasteiger charge is -2.39. The van der Waals surface area contributed by atoms with Gasteiger partial charge >= 0.3 is 0 Å². The molecule has 3 unspecified atom stereocenters. The molecule has 0 bridgehead atoms. The number of para-hydroxylation sites is 2. The molecule has 6 rings (SSSR count). The molecule has 0 spiro atoms. The van der Waals surface area contributed by atoms with E-state index in [0.717, 1.165) is 41.1 Å². The number of ether oxygens (including phenoxy) is 1. The van der Waals surface area contributed by atoms with Gasteiger partial charge in [-0.1, -0.05) is 54.1 Å². The second-order valence-electron chi connectivity index (χ2n) is 10.3. The number of hydrogen-bond acceptors (Lipinski definition) is 4. The molecule has 182 valence electrons. The summed E-state index contributed by atoms with van der Waals surface area (Å²) in [6, 6.07) is 23.6. The molecular weight excluding hydrogens is 448 g/mol. The van der Waals surface area contributed by atoms with Crippen molar-refractivity contribution in [1.82, 2.24) is 0 Å². The number of anilines is 1. The molecule has 2 saturated carbocycles. The summed E-state index contributed by atoms with van der Waals surface area (Å²) in [5.41, 5.74) is 5.67. The van der Waals surface area contributed by atoms with Crippen LogP contribution >= 0.6 is 0 Å². The van der Waals surface area contributed by atoms with Gasteiger partial charge in [-0.15, -0.1) is 0 Å². The lowest BCUT2D eigenvalue weighted by Crippen LogP contribution is -2.46. The highest BCUT2D eigenvalue weighted by Crippen LogP contribution is 2.49. The van der Waals surface area contributed by atoms with Gasteiger partial charge in [-0.2, -0.15) is 0 Å². The topological polar surface area (TPSA) is 59.0 Å². The minimum atomic E-state index is -0.492. The molecule has 0 aromatic heterocycles. The first-order valence-corrected chi connectivity index (χ1v) is 12.8. The van der Waals surface area contributed by atoms with Gasteiger partial charge < -0.3 is 9.64 Å². The summed E-state index contributed by atoms with van der Waals surface area (Å²) in [4.78, 5) is 34.9. The summed E-state index contributed by atoms with van der Waals surface area (Å²) in [7, 11) is 1.64. The third-order valence-electron chi connectivity index (χ3n) is 7.76. The Morgan fingerprint density at radius 2 is 1.72 bits per heavy atom. The Morgan fingerprint density at radius 3 is 2.47 bits per heavy atom. The van der Waals surface area contributed by atoms with E-state index >= 15 is 0 Å². The number of Topliss-reactive ketones (excluding diaryl/α,β-unsaturated/α-hetero) is 1. The summed E-state index contributed by atoms with van der Waals surface area (Å²) in [6.07, 6.45) is 2.92. The van der Waals surface area contributed by atoms with E-state index in [1.807, 2.05) is 53.4 Å². The van der Waals surface area contributed by atoms with Gasteiger partial charge in [-0.25, -0.2) is 0 Å². The van der Waals surface area contributed by atoms with Crippen molar-refractivity contribution in [3.8, 4) is 5.75 Å². The van der Waals surface area contributed by atoms with E-state index in [4.69, 9.17) is 9.73 Å². The number of carbonyl (C=O) groups excluding carboxylic acids is 2. The Bertz CT molecular complexity index is 1360. The van der Waals surface area contributed by atoms with Gasteiger partial charge in [-0.3, -0.25) is 14.6 Å². The molecule has 1 aliphatic heterocycles. The summed E-state index contributed by atoms with van der Waals surface area (Å²) in [5, 5.41) is 0. The summed E-state index contributed by atoms with van der Waals surface area (Å²) in [6.45, 7) is 2.07. The quantitative estimate of drug-likeness (QED) is 0.440. The first-order valence-electron chi connectivity index (χ1n) is 12.8. The number of aryl methyl sites for hydroxylation is 1. The lowest BCUT2D eigenvalue weighted by atomic mass is 9.72. The Hall–Kier alpha value is -3.73. The number of ketones is 1. The Morgan fingerprint density at radius 1 is 0.944 bits per heavy atom. The number of methoxy groups -OCH3 is 1. The van der Waals surface area contributed by atoms with Crippen molar-refractivity contribution in [2.24, 2.45) is 16.8 Å². The Balaban J connectivity index is 1.51. The highest BCUT2D eigenvalue weighted by atomic mass is 16.5. The third-order valence-corrected chi connectivity index (χ3v) is 7.76. The van der Waals surface area contributed by atoms with E-state index in [1.54, 1.807) is 7.11 Å². The standard InChI is InChI=1S/C31H30N2O3/c1-19-10-12-20(13-11-19)23-17-26-29(28(34)18-23)30(22-6-5-7-24(16-22)36-2)33(31(35)21-14-15-21)27-9-4-3-8-25(27)32-26/h3-13,16,21,23,29-30H,14-15,17-18H2,1-2H3. The van der Waals surface area contributed by atoms with Gasteiger partial charge in [0.2, 0.25) is 5.91 Å². The predicted molar refractivity (Wildman–Crippen MR) is 141 cm³/mol. The van der Waals surface area contributed by atoms with Crippen LogP contribution in [-0.2, 0) is 9.59 Å². The van der Waals surface area contributed by atoms with Crippen molar-refractivity contribution < 1.29 is 14.3 Å². The van der Waals surface area contributed by atoms with Crippen molar-refractivity contribution >= 4 is 28.8 Å². The fourth-order valence-corrected chi connectivity index (χ4v) is 5.72. The zero-order valence-corrected chi connectivity index (χ0v) is 20.7. The largest absolute Gasteiger partial charge is 0.497 e. The number of hydrogen-bond donors (Lipinski definition) is 0. The fourth-order valence-electron chi connectivity index (χ4n) is 5.72. The number of nitrogens with zero attached hydrogens (tertiary/aromatic N) is 2. The zero-order valence-electron chi connectivity index (χ0n) is 20.7. The maximum atomic E-state index is 14.0. The molecule has 2 aliphatic carbocycles. The van der Waals surface area contributed by atoms with Crippen LogP contribution < -0.4 is 9.64 Å². The van der Waals surface area contributed by atoms with Gasteiger partial charge in [0.25, 0.3) is 0 Å². The molecule has 1 amide bonds. The van der Waals surface area contributed by atoms with Crippen LogP contribution in [0.2, 0.25) is 0 Å². The van der Waals surface area contributed by atoms with E-state index in [0.29, 0.717) is 18.6 Å². The molecule has 36 heavy (non-hydrogen) atoms. The molecule has 3 atom stereocenters. The minimum Gasteiger partial charge on any atom is -0.497 e. The summed E-state index contributed by atoms with van der Waals surface area (Å²) in [5.74, 6) is 0.528. The van der Waals surface area contributed by atoms with E-state index in [2.05, 4.69) is 31.2 Å². The van der Waals surface area contributed by atoms with E-state index in [1.165, 1.54) is 5.56 Å². The van der Waals surface area contributed by atoms with Crippen LogP contribution in [0.5, 0.6) is 5.75 Å². The van der Waals surface area contributed by atoms with E-state index in [-0.39, 0.29) is 23.5 Å². The summed E-state index contributed by atoms with van der Waals surface area (Å²) >= 11 is 0. The van der Waals surface area contributed by atoms with Crippen LogP contribution in [-0.4, -0.2) is 24.5 Å². The molecule has 2 fully saturated rings. The first-order chi connectivity index (χ1) is 17.5. The Kier molecular flexibility index (Phi) is 5.71. The van der Waals surface area contributed by atoms with Crippen LogP contribution in [0, 0.1) is 18.8 Å². The second kappa shape index (κ2) is 9.05. The highest BCUT2D eigenvalue weighted by Gasteiger charge is 2.48. The monoisotopic (exact) mass is 478 g/mol. The lowest BCUT2D eigenvalue weighted by molar-refractivity contribution is -0.123. The molecule has 3 aromatic carbocycles. The molecule has 3 aliphatic rings. The molecule has 1 heterocycles. The number of rotatable bonds is 4. The molecule has 0 N–H and O–H groups in total. The molecule has 0 radical (unpaired) electrons. The maximum absolute atomic E-state index is 14.0. The average Bonchev–Trinajstić information content (AvgIpc) is 3.75. The number of carbonyl (C=O) groups is 2. The van der Waals surface area contributed by atoms with Crippen LogP contribution in [0.1, 0.15) is 54.3 Å². The van der Waals surface area contributed by atoms with Gasteiger partial charge in [0.15, 0.2) is 0 Å². The van der Waals surface area contributed by atoms with Gasteiger partial charge in [0, 0.05) is 18.1 Å².